The van der Waals surface area contributed by atoms with E-state index in [4.69, 9.17) is 17.3 Å². The average molecular weight is 284 g/mol. The summed E-state index contributed by atoms with van der Waals surface area (Å²) in [6.07, 6.45) is 1.11. The molecule has 0 bridgehead atoms. The fraction of sp³-hybridized carbons (Fsp3) is 0.188. The van der Waals surface area contributed by atoms with Gasteiger partial charge in [-0.1, -0.05) is 41.9 Å². The topological polar surface area (TPSA) is 43.8 Å². The lowest BCUT2D eigenvalue weighted by atomic mass is 10.1. The molecule has 1 aliphatic carbocycles. The number of nitrogen functional groups attached to an aromatic ring is 1. The quantitative estimate of drug-likeness (QED) is 0.772. The molecule has 0 radical (unpaired) electrons. The van der Waals surface area contributed by atoms with Crippen LogP contribution in [0.3, 0.4) is 0 Å². The SMILES string of the molecule is Nc1nc2cc(Cl)ccc2n1C1CC1c1ccccc1. The highest BCUT2D eigenvalue weighted by Gasteiger charge is 2.41. The largest absolute Gasteiger partial charge is 0.369 e. The molecule has 1 heterocycles. The van der Waals surface area contributed by atoms with Crippen molar-refractivity contribution in [1.82, 2.24) is 9.55 Å². The minimum absolute atomic E-state index is 0.406. The number of hydrogen-bond acceptors (Lipinski definition) is 2. The monoisotopic (exact) mass is 283 g/mol. The number of rotatable bonds is 2. The maximum absolute atomic E-state index is 6.09. The maximum Gasteiger partial charge on any atom is 0.201 e. The van der Waals surface area contributed by atoms with Gasteiger partial charge in [-0.25, -0.2) is 4.98 Å². The minimum atomic E-state index is 0.406. The minimum Gasteiger partial charge on any atom is -0.369 e. The third-order valence-corrected chi connectivity index (χ3v) is 4.23. The second kappa shape index (κ2) is 4.25. The predicted molar refractivity (Wildman–Crippen MR) is 82.0 cm³/mol. The summed E-state index contributed by atoms with van der Waals surface area (Å²) in [5, 5.41) is 0.692. The van der Waals surface area contributed by atoms with Crippen molar-refractivity contribution in [1.29, 1.82) is 0 Å². The van der Waals surface area contributed by atoms with Crippen LogP contribution in [0, 0.1) is 0 Å². The van der Waals surface area contributed by atoms with Crippen LogP contribution >= 0.6 is 11.6 Å². The van der Waals surface area contributed by atoms with Gasteiger partial charge < -0.3 is 10.3 Å². The molecule has 2 unspecified atom stereocenters. The molecule has 0 amide bonds. The molecular formula is C16H14ClN3. The first-order valence-corrected chi connectivity index (χ1v) is 7.10. The Hall–Kier alpha value is -2.00. The number of nitrogens with zero attached hydrogens (tertiary/aromatic N) is 2. The number of nitrogens with two attached hydrogens (primary N) is 1. The number of anilines is 1. The maximum atomic E-state index is 6.09. The summed E-state index contributed by atoms with van der Waals surface area (Å²) in [7, 11) is 0. The number of halogens is 1. The molecule has 1 aliphatic rings. The zero-order valence-electron chi connectivity index (χ0n) is 10.8. The Morgan fingerprint density at radius 2 is 1.95 bits per heavy atom. The summed E-state index contributed by atoms with van der Waals surface area (Å²) in [6, 6.07) is 16.7. The van der Waals surface area contributed by atoms with Gasteiger partial charge in [0, 0.05) is 17.0 Å². The molecule has 2 N–H and O–H groups in total. The number of fused-ring (bicyclic) bond motifs is 1. The predicted octanol–water partition coefficient (Wildman–Crippen LogP) is 4.00. The van der Waals surface area contributed by atoms with Gasteiger partial charge in [0.15, 0.2) is 0 Å². The van der Waals surface area contributed by atoms with E-state index in [1.54, 1.807) is 0 Å². The highest BCUT2D eigenvalue weighted by atomic mass is 35.5. The summed E-state index contributed by atoms with van der Waals surface area (Å²) in [5.74, 6) is 1.11. The second-order valence-electron chi connectivity index (χ2n) is 5.29. The fourth-order valence-electron chi connectivity index (χ4n) is 2.96. The van der Waals surface area contributed by atoms with Crippen LogP contribution < -0.4 is 5.73 Å². The van der Waals surface area contributed by atoms with Crippen molar-refractivity contribution >= 4 is 28.6 Å². The van der Waals surface area contributed by atoms with Gasteiger partial charge in [0.25, 0.3) is 0 Å². The molecule has 1 aromatic heterocycles. The van der Waals surface area contributed by atoms with E-state index in [2.05, 4.69) is 33.8 Å². The lowest BCUT2D eigenvalue weighted by molar-refractivity contribution is 0.751. The Balaban J connectivity index is 1.76. The standard InChI is InChI=1S/C16H14ClN3/c17-11-6-7-14-13(8-11)19-16(18)20(14)15-9-12(15)10-4-2-1-3-5-10/h1-8,12,15H,9H2,(H2,18,19). The molecular weight excluding hydrogens is 270 g/mol. The van der Waals surface area contributed by atoms with Crippen LogP contribution in [-0.4, -0.2) is 9.55 Å². The highest BCUT2D eigenvalue weighted by molar-refractivity contribution is 6.31. The second-order valence-corrected chi connectivity index (χ2v) is 5.73. The van der Waals surface area contributed by atoms with Crippen LogP contribution in [0.4, 0.5) is 5.95 Å². The zero-order valence-corrected chi connectivity index (χ0v) is 11.6. The molecule has 4 rings (SSSR count). The molecule has 2 aromatic carbocycles. The summed E-state index contributed by atoms with van der Waals surface area (Å²) in [6.45, 7) is 0. The molecule has 20 heavy (non-hydrogen) atoms. The van der Waals surface area contributed by atoms with E-state index in [9.17, 15) is 0 Å². The van der Waals surface area contributed by atoms with Crippen LogP contribution in [0.15, 0.2) is 48.5 Å². The van der Waals surface area contributed by atoms with Gasteiger partial charge in [-0.2, -0.15) is 0 Å². The Morgan fingerprint density at radius 3 is 2.75 bits per heavy atom. The third kappa shape index (κ3) is 1.78. The van der Waals surface area contributed by atoms with Gasteiger partial charge >= 0.3 is 0 Å². The van der Waals surface area contributed by atoms with Gasteiger partial charge in [0.2, 0.25) is 5.95 Å². The van der Waals surface area contributed by atoms with Crippen LogP contribution in [-0.2, 0) is 0 Å². The first-order chi connectivity index (χ1) is 9.74. The van der Waals surface area contributed by atoms with E-state index in [1.807, 2.05) is 24.3 Å². The van der Waals surface area contributed by atoms with Crippen LogP contribution in [0.25, 0.3) is 11.0 Å². The van der Waals surface area contributed by atoms with Crippen molar-refractivity contribution in [3.63, 3.8) is 0 Å². The number of benzene rings is 2. The number of imidazole rings is 1. The van der Waals surface area contributed by atoms with E-state index < -0.39 is 0 Å². The molecule has 2 atom stereocenters. The first-order valence-electron chi connectivity index (χ1n) is 6.72. The Labute approximate surface area is 122 Å². The van der Waals surface area contributed by atoms with E-state index >= 15 is 0 Å². The molecule has 0 saturated heterocycles. The average Bonchev–Trinajstić information content (AvgIpc) is 3.16. The molecule has 3 aromatic rings. The summed E-state index contributed by atoms with van der Waals surface area (Å²) >= 11 is 6.01. The molecule has 1 saturated carbocycles. The Kier molecular flexibility index (Phi) is 2.51. The summed E-state index contributed by atoms with van der Waals surface area (Å²) < 4.78 is 2.14. The normalized spacial score (nSPS) is 21.2. The van der Waals surface area contributed by atoms with Gasteiger partial charge in [-0.15, -0.1) is 0 Å². The van der Waals surface area contributed by atoms with Crippen molar-refractivity contribution < 1.29 is 0 Å². The molecule has 100 valence electrons. The van der Waals surface area contributed by atoms with Crippen molar-refractivity contribution in [2.45, 2.75) is 18.4 Å². The molecule has 0 spiro atoms. The zero-order chi connectivity index (χ0) is 13.7. The van der Waals surface area contributed by atoms with E-state index in [-0.39, 0.29) is 0 Å². The molecule has 1 fully saturated rings. The highest BCUT2D eigenvalue weighted by Crippen LogP contribution is 2.53. The van der Waals surface area contributed by atoms with E-state index in [0.29, 0.717) is 22.9 Å². The molecule has 3 nitrogen and oxygen atoms in total. The van der Waals surface area contributed by atoms with Crippen molar-refractivity contribution in [3.8, 4) is 0 Å². The lowest BCUT2D eigenvalue weighted by Crippen LogP contribution is -2.02. The van der Waals surface area contributed by atoms with Crippen LogP contribution in [0.5, 0.6) is 0 Å². The Bertz CT molecular complexity index is 779. The van der Waals surface area contributed by atoms with Gasteiger partial charge in [0.1, 0.15) is 0 Å². The molecule has 4 heteroatoms. The Morgan fingerprint density at radius 1 is 1.15 bits per heavy atom. The smallest absolute Gasteiger partial charge is 0.201 e. The van der Waals surface area contributed by atoms with Gasteiger partial charge in [0.05, 0.1) is 11.0 Å². The number of hydrogen-bond donors (Lipinski definition) is 1. The fourth-order valence-corrected chi connectivity index (χ4v) is 3.13. The number of aromatic nitrogens is 2. The van der Waals surface area contributed by atoms with Crippen molar-refractivity contribution in [3.05, 3.63) is 59.1 Å². The first kappa shape index (κ1) is 11.8. The third-order valence-electron chi connectivity index (χ3n) is 3.99. The van der Waals surface area contributed by atoms with Crippen molar-refractivity contribution in [2.75, 3.05) is 5.73 Å². The van der Waals surface area contributed by atoms with Gasteiger partial charge in [-0.05, 0) is 30.2 Å². The summed E-state index contributed by atoms with van der Waals surface area (Å²) in [5.41, 5.74) is 9.40. The van der Waals surface area contributed by atoms with E-state index in [0.717, 1.165) is 17.5 Å². The van der Waals surface area contributed by atoms with E-state index in [1.165, 1.54) is 5.56 Å². The molecule has 0 aliphatic heterocycles. The van der Waals surface area contributed by atoms with Crippen LogP contribution in [0.2, 0.25) is 5.02 Å². The lowest BCUT2D eigenvalue weighted by Gasteiger charge is -2.06. The van der Waals surface area contributed by atoms with Gasteiger partial charge in [-0.3, -0.25) is 0 Å². The van der Waals surface area contributed by atoms with Crippen molar-refractivity contribution in [2.24, 2.45) is 0 Å². The summed E-state index contributed by atoms with van der Waals surface area (Å²) in [4.78, 5) is 4.42. The van der Waals surface area contributed by atoms with Crippen LogP contribution in [0.1, 0.15) is 23.9 Å².